The lowest BCUT2D eigenvalue weighted by Gasteiger charge is -2.32. The van der Waals surface area contributed by atoms with Gasteiger partial charge in [-0.15, -0.1) is 11.3 Å². The van der Waals surface area contributed by atoms with Crippen molar-refractivity contribution in [3.8, 4) is 11.8 Å². The number of aryl methyl sites for hydroxylation is 2. The largest absolute Gasteiger partial charge is 0.744 e. The lowest BCUT2D eigenvalue weighted by atomic mass is 9.74. The third-order valence-corrected chi connectivity index (χ3v) is 16.0. The van der Waals surface area contributed by atoms with Crippen LogP contribution in [0, 0.1) is 18.3 Å². The van der Waals surface area contributed by atoms with Crippen LogP contribution >= 0.6 is 11.3 Å². The van der Waals surface area contributed by atoms with Crippen LogP contribution in [0.4, 0.5) is 11.4 Å². The number of aromatic nitrogens is 1. The zero-order chi connectivity index (χ0) is 45.4. The molecule has 2 atom stereocenters. The van der Waals surface area contributed by atoms with Crippen molar-refractivity contribution in [2.75, 3.05) is 31.1 Å². The number of carbonyl (C=O) groups excluding carboxylic acids is 1. The molecular formula is C48H53N5O8S3. The Balaban J connectivity index is 0.986. The van der Waals surface area contributed by atoms with Gasteiger partial charge in [0.2, 0.25) is 11.6 Å². The number of nitrogens with one attached hydrogen (secondary N) is 1. The molecule has 4 aromatic rings. The van der Waals surface area contributed by atoms with E-state index in [4.69, 9.17) is 16.9 Å². The van der Waals surface area contributed by atoms with Gasteiger partial charge in [-0.25, -0.2) is 13.4 Å². The molecule has 2 unspecified atom stereocenters. The van der Waals surface area contributed by atoms with Crippen LogP contribution in [0.15, 0.2) is 76.2 Å². The van der Waals surface area contributed by atoms with E-state index in [1.807, 2.05) is 50.3 Å². The molecule has 0 aliphatic carbocycles. The summed E-state index contributed by atoms with van der Waals surface area (Å²) in [6, 6.07) is 14.1. The summed E-state index contributed by atoms with van der Waals surface area (Å²) in [6.07, 6.45) is 14.4. The quantitative estimate of drug-likeness (QED) is 0.0555. The van der Waals surface area contributed by atoms with Crippen LogP contribution in [0.5, 0.6) is 5.75 Å². The number of thiazole rings is 1. The van der Waals surface area contributed by atoms with E-state index in [0.29, 0.717) is 99.5 Å². The molecule has 0 saturated heterocycles. The molecule has 2 radical (unpaired) electrons. The van der Waals surface area contributed by atoms with Gasteiger partial charge in [0, 0.05) is 59.9 Å². The molecule has 1 amide bonds. The van der Waals surface area contributed by atoms with Crippen LogP contribution in [0.1, 0.15) is 112 Å². The highest BCUT2D eigenvalue weighted by Gasteiger charge is 2.53. The molecule has 1 aromatic heterocycles. The summed E-state index contributed by atoms with van der Waals surface area (Å²) in [7, 11) is -9.37. The number of nitrogens with zero attached hydrogens (tertiary/aromatic N) is 4. The Hall–Kier alpha value is -4.92. The van der Waals surface area contributed by atoms with Crippen LogP contribution in [-0.2, 0) is 48.7 Å². The highest BCUT2D eigenvalue weighted by atomic mass is 32.2. The number of carbonyl (C=O) groups is 1. The first kappa shape index (κ1) is 45.6. The van der Waals surface area contributed by atoms with E-state index in [0.717, 1.165) is 76.2 Å². The minimum absolute atomic E-state index is 0.0561. The molecule has 0 saturated carbocycles. The summed E-state index contributed by atoms with van der Waals surface area (Å²) < 4.78 is 83.7. The monoisotopic (exact) mass is 923 g/mol. The summed E-state index contributed by atoms with van der Waals surface area (Å²) in [5, 5.41) is 12.5. The second kappa shape index (κ2) is 18.2. The maximum Gasteiger partial charge on any atom is 0.295 e. The molecule has 8 rings (SSSR count). The fourth-order valence-electron chi connectivity index (χ4n) is 10.5. The molecule has 0 bridgehead atoms. The topological polar surface area (TPSA) is 193 Å². The standard InChI is InChI=1S/C48H53N5O8S3/c1-4-5-24-47(2)39(52-27-10-13-32-18-22-37(63(55,56)57)43(47)45(32)52)15-9-16-40-48(3,44-38(64(58,59)60)23-19-33-14-11-28-53(40)46(33)44)25-8-6-7-17-41(54)50-26-12-29-61-34-20-21-35-36(30-34)62-42(31-49)51-35/h1,9,15-16,18-23,30H,4-8,10-14,17,24-29H2,2-3H3,(H2-,50,54,55,56,57,58,59,60). The van der Waals surface area contributed by atoms with Gasteiger partial charge in [-0.1, -0.05) is 37.5 Å². The number of rotatable bonds is 18. The summed E-state index contributed by atoms with van der Waals surface area (Å²) >= 11 is 1.31. The third-order valence-electron chi connectivity index (χ3n) is 13.3. The number of fused-ring (bicyclic) bond motifs is 1. The maximum atomic E-state index is 13.0. The summed E-state index contributed by atoms with van der Waals surface area (Å²) in [6.45, 7) is 12.3. The second-order valence-corrected chi connectivity index (χ2v) is 21.3. The lowest BCUT2D eigenvalue weighted by Crippen LogP contribution is -2.33. The van der Waals surface area contributed by atoms with Gasteiger partial charge in [-0.3, -0.25) is 9.35 Å². The molecular weight excluding hydrogens is 871 g/mol. The highest BCUT2D eigenvalue weighted by molar-refractivity contribution is 7.86. The van der Waals surface area contributed by atoms with Gasteiger partial charge in [0.05, 0.1) is 32.7 Å². The molecule has 3 aromatic carbocycles. The van der Waals surface area contributed by atoms with E-state index >= 15 is 0 Å². The normalized spacial score (nSPS) is 20.9. The fourth-order valence-corrected chi connectivity index (χ4v) is 12.9. The number of unbranched alkanes of at least 4 members (excludes halogenated alkanes) is 3. The molecule has 4 aliphatic heterocycles. The van der Waals surface area contributed by atoms with E-state index in [1.165, 1.54) is 23.5 Å². The zero-order valence-electron chi connectivity index (χ0n) is 36.2. The Morgan fingerprint density at radius 2 is 1.78 bits per heavy atom. The molecule has 336 valence electrons. The Labute approximate surface area is 380 Å². The van der Waals surface area contributed by atoms with Crippen molar-refractivity contribution in [1.29, 1.82) is 5.26 Å². The van der Waals surface area contributed by atoms with E-state index < -0.39 is 31.1 Å². The van der Waals surface area contributed by atoms with Gasteiger partial charge in [-0.05, 0) is 114 Å². The van der Waals surface area contributed by atoms with Crippen LogP contribution in [0.3, 0.4) is 0 Å². The van der Waals surface area contributed by atoms with Gasteiger partial charge in [-0.2, -0.15) is 18.3 Å². The van der Waals surface area contributed by atoms with Crippen LogP contribution in [0.2, 0.25) is 0 Å². The molecule has 5 heterocycles. The van der Waals surface area contributed by atoms with Gasteiger partial charge < -0.3 is 19.5 Å². The van der Waals surface area contributed by atoms with E-state index in [9.17, 15) is 30.7 Å². The van der Waals surface area contributed by atoms with Crippen molar-refractivity contribution in [3.63, 3.8) is 0 Å². The molecule has 4 aliphatic rings. The summed E-state index contributed by atoms with van der Waals surface area (Å²) in [5.74, 6) is 0.624. The van der Waals surface area contributed by atoms with E-state index in [-0.39, 0.29) is 15.7 Å². The molecule has 2 N–H and O–H groups in total. The van der Waals surface area contributed by atoms with Crippen molar-refractivity contribution in [3.05, 3.63) is 101 Å². The summed E-state index contributed by atoms with van der Waals surface area (Å²) in [4.78, 5) is 18.9. The van der Waals surface area contributed by atoms with Gasteiger partial charge in [0.1, 0.15) is 33.4 Å². The number of allylic oxidation sites excluding steroid dienone is 4. The third kappa shape index (κ3) is 8.65. The van der Waals surface area contributed by atoms with Gasteiger partial charge >= 0.3 is 0 Å². The maximum absolute atomic E-state index is 13.0. The molecule has 64 heavy (non-hydrogen) atoms. The van der Waals surface area contributed by atoms with Gasteiger partial charge in [0.25, 0.3) is 10.1 Å². The lowest BCUT2D eigenvalue weighted by molar-refractivity contribution is -0.443. The minimum Gasteiger partial charge on any atom is -0.744 e. The van der Waals surface area contributed by atoms with Crippen molar-refractivity contribution < 1.29 is 40.0 Å². The first-order chi connectivity index (χ1) is 30.6. The molecule has 13 nitrogen and oxygen atoms in total. The number of nitriles is 1. The van der Waals surface area contributed by atoms with E-state index in [2.05, 4.69) is 25.8 Å². The van der Waals surface area contributed by atoms with Crippen molar-refractivity contribution in [1.82, 2.24) is 10.3 Å². The van der Waals surface area contributed by atoms with Crippen molar-refractivity contribution >= 4 is 64.8 Å². The Bertz CT molecular complexity index is 2880. The second-order valence-electron chi connectivity index (χ2n) is 17.6. The molecule has 0 fully saturated rings. The average Bonchev–Trinajstić information content (AvgIpc) is 3.87. The number of hydrogen-bond donors (Lipinski definition) is 2. The van der Waals surface area contributed by atoms with Crippen LogP contribution in [0.25, 0.3) is 10.2 Å². The highest BCUT2D eigenvalue weighted by Crippen LogP contribution is 2.56. The Morgan fingerprint density at radius 3 is 2.55 bits per heavy atom. The summed E-state index contributed by atoms with van der Waals surface area (Å²) in [5.41, 5.74) is 5.69. The zero-order valence-corrected chi connectivity index (χ0v) is 38.6. The number of ether oxygens (including phenoxy) is 1. The first-order valence-corrected chi connectivity index (χ1v) is 25.7. The number of anilines is 1. The Kier molecular flexibility index (Phi) is 13.0. The Morgan fingerprint density at radius 1 is 1.02 bits per heavy atom. The van der Waals surface area contributed by atoms with Crippen LogP contribution in [-0.4, -0.2) is 73.4 Å². The SMILES string of the molecule is [CH]CCCC1(C)/C(=C/C=C/C2=[N+]3CCCc4ccc(S(=O)(=O)O)c(c43)C2(C)CCCCCC(=O)NCCCOc2ccc3nc(C#N)sc3c2)N2CCCc3ccc(S(=O)(=O)[O-])c1c32. The number of amides is 1. The minimum atomic E-state index is -4.78. The average molecular weight is 924 g/mol. The van der Waals surface area contributed by atoms with Gasteiger partial charge in [0.15, 0.2) is 10.7 Å². The number of benzene rings is 3. The van der Waals surface area contributed by atoms with E-state index in [1.54, 1.807) is 12.1 Å². The van der Waals surface area contributed by atoms with Crippen LogP contribution < -0.4 is 15.0 Å². The number of hydrogen-bond acceptors (Lipinski definition) is 11. The smallest absolute Gasteiger partial charge is 0.295 e. The van der Waals surface area contributed by atoms with Crippen molar-refractivity contribution in [2.45, 2.75) is 118 Å². The first-order valence-electron chi connectivity index (χ1n) is 22.1. The fraction of sp³-hybridized carbons (Fsp3) is 0.438. The van der Waals surface area contributed by atoms with Crippen molar-refractivity contribution in [2.24, 2.45) is 0 Å². The predicted octanol–water partition coefficient (Wildman–Crippen LogP) is 8.20. The molecule has 16 heteroatoms. The molecule has 0 spiro atoms. The predicted molar refractivity (Wildman–Crippen MR) is 245 cm³/mol.